The molecule has 0 aliphatic rings. The minimum atomic E-state index is 0.172. The number of hydrogen-bond donors (Lipinski definition) is 2. The van der Waals surface area contributed by atoms with Gasteiger partial charge in [0.15, 0.2) is 0 Å². The van der Waals surface area contributed by atoms with E-state index in [1.807, 2.05) is 0 Å². The third-order valence-electron chi connectivity index (χ3n) is 2.31. The Bertz CT molecular complexity index is 170. The topological polar surface area (TPSA) is 32.3 Å². The van der Waals surface area contributed by atoms with E-state index >= 15 is 0 Å². The van der Waals surface area contributed by atoms with Crippen molar-refractivity contribution in [3.05, 3.63) is 12.3 Å². The van der Waals surface area contributed by atoms with Gasteiger partial charge in [0.2, 0.25) is 0 Å². The predicted octanol–water partition coefficient (Wildman–Crippen LogP) is 2.54. The van der Waals surface area contributed by atoms with Crippen LogP contribution in [0.3, 0.4) is 0 Å². The van der Waals surface area contributed by atoms with Crippen molar-refractivity contribution in [2.24, 2.45) is 11.3 Å². The lowest BCUT2D eigenvalue weighted by atomic mass is 9.82. The Labute approximate surface area is 88.4 Å². The van der Waals surface area contributed by atoms with Crippen LogP contribution in [-0.2, 0) is 0 Å². The molecule has 0 aromatic carbocycles. The maximum Gasteiger partial charge on any atom is 0.0603 e. The largest absolute Gasteiger partial charge is 0.395 e. The zero-order valence-corrected chi connectivity index (χ0v) is 10.1. The molecule has 2 N–H and O–H groups in total. The van der Waals surface area contributed by atoms with E-state index in [9.17, 15) is 0 Å². The normalized spacial score (nSPS) is 13.8. The Kier molecular flexibility index (Phi) is 5.86. The fourth-order valence-corrected chi connectivity index (χ4v) is 1.61. The molecule has 1 atom stereocenters. The van der Waals surface area contributed by atoms with Crippen LogP contribution in [0.4, 0.5) is 0 Å². The van der Waals surface area contributed by atoms with Gasteiger partial charge in [0.1, 0.15) is 0 Å². The minimum Gasteiger partial charge on any atom is -0.395 e. The first-order valence-corrected chi connectivity index (χ1v) is 5.44. The van der Waals surface area contributed by atoms with Crippen LogP contribution >= 0.6 is 0 Å². The second-order valence-electron chi connectivity index (χ2n) is 5.05. The first-order chi connectivity index (χ1) is 6.40. The summed E-state index contributed by atoms with van der Waals surface area (Å²) in [5.74, 6) is 0.515. The molecule has 2 heteroatoms. The molecule has 0 aliphatic heterocycles. The number of aliphatic hydroxyl groups is 1. The number of hydrogen-bond acceptors (Lipinski definition) is 2. The van der Waals surface area contributed by atoms with Crippen LogP contribution in [0.15, 0.2) is 12.3 Å². The van der Waals surface area contributed by atoms with Crippen LogP contribution in [0.5, 0.6) is 0 Å². The number of rotatable bonds is 6. The quantitative estimate of drug-likeness (QED) is 0.689. The standard InChI is InChI=1S/C12H25NO/c1-6-11(9-12(3,4)5)10(2)13-7-8-14/h11,13-14H,2,6-9H2,1,3-5H3. The highest BCUT2D eigenvalue weighted by atomic mass is 16.3. The molecule has 0 rings (SSSR count). The van der Waals surface area contributed by atoms with Crippen LogP contribution in [0.25, 0.3) is 0 Å². The lowest BCUT2D eigenvalue weighted by Gasteiger charge is -2.27. The summed E-state index contributed by atoms with van der Waals surface area (Å²) in [5, 5.41) is 11.9. The molecule has 0 saturated heterocycles. The van der Waals surface area contributed by atoms with Gasteiger partial charge in [0.05, 0.1) is 6.61 Å². The molecule has 2 nitrogen and oxygen atoms in total. The maximum absolute atomic E-state index is 8.70. The minimum absolute atomic E-state index is 0.172. The number of aliphatic hydroxyl groups excluding tert-OH is 1. The van der Waals surface area contributed by atoms with Gasteiger partial charge >= 0.3 is 0 Å². The van der Waals surface area contributed by atoms with E-state index in [4.69, 9.17) is 5.11 Å². The molecule has 0 amide bonds. The van der Waals surface area contributed by atoms with E-state index in [2.05, 4.69) is 39.6 Å². The van der Waals surface area contributed by atoms with Crippen LogP contribution in [0, 0.1) is 11.3 Å². The summed E-state index contributed by atoms with van der Waals surface area (Å²) in [7, 11) is 0. The fraction of sp³-hybridized carbons (Fsp3) is 0.833. The van der Waals surface area contributed by atoms with Gasteiger partial charge in [-0.15, -0.1) is 0 Å². The Morgan fingerprint density at radius 1 is 1.43 bits per heavy atom. The number of nitrogens with one attached hydrogen (secondary N) is 1. The summed E-state index contributed by atoms with van der Waals surface area (Å²) in [6.07, 6.45) is 2.25. The van der Waals surface area contributed by atoms with E-state index in [0.29, 0.717) is 17.9 Å². The van der Waals surface area contributed by atoms with Crippen molar-refractivity contribution in [1.29, 1.82) is 0 Å². The molecule has 0 aromatic heterocycles. The van der Waals surface area contributed by atoms with Gasteiger partial charge in [-0.25, -0.2) is 0 Å². The molecular weight excluding hydrogens is 174 g/mol. The van der Waals surface area contributed by atoms with Crippen molar-refractivity contribution < 1.29 is 5.11 Å². The monoisotopic (exact) mass is 199 g/mol. The Hall–Kier alpha value is -0.500. The Morgan fingerprint density at radius 2 is 2.00 bits per heavy atom. The van der Waals surface area contributed by atoms with Gasteiger partial charge in [-0.05, 0) is 24.2 Å². The summed E-state index contributed by atoms with van der Waals surface area (Å²) in [4.78, 5) is 0. The van der Waals surface area contributed by atoms with Gasteiger partial charge in [-0.2, -0.15) is 0 Å². The maximum atomic E-state index is 8.70. The van der Waals surface area contributed by atoms with Gasteiger partial charge in [0, 0.05) is 12.2 Å². The second-order valence-corrected chi connectivity index (χ2v) is 5.05. The molecule has 0 heterocycles. The summed E-state index contributed by atoms with van der Waals surface area (Å²) < 4.78 is 0. The van der Waals surface area contributed by atoms with Crippen LogP contribution in [0.1, 0.15) is 40.5 Å². The summed E-state index contributed by atoms with van der Waals surface area (Å²) in [6.45, 7) is 13.7. The molecule has 0 fully saturated rings. The van der Waals surface area contributed by atoms with Crippen LogP contribution in [-0.4, -0.2) is 18.3 Å². The average Bonchev–Trinajstić information content (AvgIpc) is 2.08. The highest BCUT2D eigenvalue weighted by Crippen LogP contribution is 2.29. The molecule has 84 valence electrons. The molecule has 0 bridgehead atoms. The molecule has 0 aromatic rings. The van der Waals surface area contributed by atoms with E-state index in [-0.39, 0.29) is 6.61 Å². The highest BCUT2D eigenvalue weighted by Gasteiger charge is 2.19. The SMILES string of the molecule is C=C(NCCO)C(CC)CC(C)(C)C. The van der Waals surface area contributed by atoms with Gasteiger partial charge in [-0.3, -0.25) is 0 Å². The first-order valence-electron chi connectivity index (χ1n) is 5.44. The molecule has 0 radical (unpaired) electrons. The lowest BCUT2D eigenvalue weighted by molar-refractivity contribution is 0.282. The Balaban J connectivity index is 4.06. The van der Waals surface area contributed by atoms with Crippen LogP contribution in [0.2, 0.25) is 0 Å². The zero-order valence-electron chi connectivity index (χ0n) is 10.1. The average molecular weight is 199 g/mol. The van der Waals surface area contributed by atoms with Crippen molar-refractivity contribution >= 4 is 0 Å². The van der Waals surface area contributed by atoms with E-state index in [0.717, 1.165) is 18.5 Å². The second kappa shape index (κ2) is 6.07. The predicted molar refractivity (Wildman–Crippen MR) is 62.1 cm³/mol. The fourth-order valence-electron chi connectivity index (χ4n) is 1.61. The van der Waals surface area contributed by atoms with Crippen molar-refractivity contribution in [2.45, 2.75) is 40.5 Å². The lowest BCUT2D eigenvalue weighted by Crippen LogP contribution is -2.25. The number of allylic oxidation sites excluding steroid dienone is 1. The van der Waals surface area contributed by atoms with Gasteiger partial charge in [0.25, 0.3) is 0 Å². The Morgan fingerprint density at radius 3 is 2.36 bits per heavy atom. The molecular formula is C12H25NO. The molecule has 1 unspecified atom stereocenters. The van der Waals surface area contributed by atoms with E-state index in [1.165, 1.54) is 0 Å². The third-order valence-corrected chi connectivity index (χ3v) is 2.31. The summed E-state index contributed by atoms with van der Waals surface area (Å²) in [6, 6.07) is 0. The van der Waals surface area contributed by atoms with Gasteiger partial charge < -0.3 is 10.4 Å². The van der Waals surface area contributed by atoms with E-state index in [1.54, 1.807) is 0 Å². The van der Waals surface area contributed by atoms with Crippen molar-refractivity contribution in [3.63, 3.8) is 0 Å². The summed E-state index contributed by atoms with van der Waals surface area (Å²) >= 11 is 0. The molecule has 0 spiro atoms. The van der Waals surface area contributed by atoms with Gasteiger partial charge in [-0.1, -0.05) is 34.3 Å². The smallest absolute Gasteiger partial charge is 0.0603 e. The van der Waals surface area contributed by atoms with Crippen LogP contribution < -0.4 is 5.32 Å². The van der Waals surface area contributed by atoms with Crippen molar-refractivity contribution in [2.75, 3.05) is 13.2 Å². The van der Waals surface area contributed by atoms with E-state index < -0.39 is 0 Å². The first kappa shape index (κ1) is 13.5. The summed E-state index contributed by atoms with van der Waals surface area (Å²) in [5.41, 5.74) is 1.40. The highest BCUT2D eigenvalue weighted by molar-refractivity contribution is 4.98. The molecule has 0 saturated carbocycles. The molecule has 14 heavy (non-hydrogen) atoms. The van der Waals surface area contributed by atoms with Crippen molar-refractivity contribution in [1.82, 2.24) is 5.32 Å². The van der Waals surface area contributed by atoms with Crippen molar-refractivity contribution in [3.8, 4) is 0 Å². The zero-order chi connectivity index (χ0) is 11.2. The molecule has 0 aliphatic carbocycles. The third kappa shape index (κ3) is 6.03.